The molecule has 0 bridgehead atoms. The minimum Gasteiger partial charge on any atom is -0.449 e. The van der Waals surface area contributed by atoms with E-state index in [-0.39, 0.29) is 12.6 Å². The molecule has 0 N–H and O–H groups in total. The van der Waals surface area contributed by atoms with Crippen LogP contribution in [0.2, 0.25) is 0 Å². The Bertz CT molecular complexity index is 686. The fraction of sp³-hybridized carbons (Fsp3) is 0.0588. The van der Waals surface area contributed by atoms with Gasteiger partial charge in [-0.15, -0.1) is 0 Å². The van der Waals surface area contributed by atoms with Crippen molar-refractivity contribution < 1.29 is 9.53 Å². The predicted molar refractivity (Wildman–Crippen MR) is 74.8 cm³/mol. The molecule has 2 aromatic carbocycles. The van der Waals surface area contributed by atoms with Gasteiger partial charge in [-0.1, -0.05) is 30.0 Å². The third-order valence-electron chi connectivity index (χ3n) is 2.53. The van der Waals surface area contributed by atoms with Crippen molar-refractivity contribution in [3.05, 3.63) is 71.3 Å². The van der Waals surface area contributed by atoms with Crippen LogP contribution in [0.15, 0.2) is 54.6 Å². The third kappa shape index (κ3) is 3.73. The Morgan fingerprint density at radius 2 is 1.65 bits per heavy atom. The molecule has 2 aromatic rings. The summed E-state index contributed by atoms with van der Waals surface area (Å²) in [5.41, 5.74) is 1.87. The minimum atomic E-state index is -0.389. The van der Waals surface area contributed by atoms with Gasteiger partial charge in [0.15, 0.2) is 6.61 Å². The third-order valence-corrected chi connectivity index (χ3v) is 2.53. The number of ether oxygens (including phenoxy) is 1. The van der Waals surface area contributed by atoms with Gasteiger partial charge in [-0.3, -0.25) is 0 Å². The van der Waals surface area contributed by atoms with Crippen molar-refractivity contribution in [2.75, 3.05) is 6.61 Å². The smallest absolute Gasteiger partial charge is 0.339 e. The standard InChI is InChI=1S/C17H11NO2/c18-13-15-10-8-14(9-11-15)5-4-12-20-17(19)16-6-2-1-3-7-16/h1-3,6-11H,12H2. The van der Waals surface area contributed by atoms with Crippen LogP contribution < -0.4 is 0 Å². The maximum Gasteiger partial charge on any atom is 0.339 e. The monoisotopic (exact) mass is 261 g/mol. The van der Waals surface area contributed by atoms with E-state index < -0.39 is 0 Å². The molecule has 0 unspecified atom stereocenters. The predicted octanol–water partition coefficient (Wildman–Crippen LogP) is 2.77. The number of carbonyl (C=O) groups is 1. The van der Waals surface area contributed by atoms with Crippen LogP contribution in [0.1, 0.15) is 21.5 Å². The van der Waals surface area contributed by atoms with Gasteiger partial charge in [0.25, 0.3) is 0 Å². The van der Waals surface area contributed by atoms with Crippen LogP contribution in [0.3, 0.4) is 0 Å². The average Bonchev–Trinajstić information content (AvgIpc) is 2.53. The van der Waals surface area contributed by atoms with Gasteiger partial charge in [-0.25, -0.2) is 4.79 Å². The van der Waals surface area contributed by atoms with Gasteiger partial charge in [0.1, 0.15) is 0 Å². The molecule has 0 saturated heterocycles. The molecule has 0 amide bonds. The van der Waals surface area contributed by atoms with Crippen molar-refractivity contribution in [3.8, 4) is 17.9 Å². The van der Waals surface area contributed by atoms with E-state index in [1.165, 1.54) is 0 Å². The van der Waals surface area contributed by atoms with Gasteiger partial charge < -0.3 is 4.74 Å². The van der Waals surface area contributed by atoms with Gasteiger partial charge in [0, 0.05) is 5.56 Å². The molecule has 0 saturated carbocycles. The Morgan fingerprint density at radius 1 is 1.00 bits per heavy atom. The second-order valence-electron chi connectivity index (χ2n) is 3.93. The Kier molecular flexibility index (Phi) is 4.54. The molecule has 2 rings (SSSR count). The maximum absolute atomic E-state index is 11.6. The number of nitrogens with zero attached hydrogens (tertiary/aromatic N) is 1. The van der Waals surface area contributed by atoms with Crippen LogP contribution in [-0.2, 0) is 4.74 Å². The van der Waals surface area contributed by atoms with E-state index in [1.54, 1.807) is 48.5 Å². The Labute approximate surface area is 117 Å². The molecule has 0 aromatic heterocycles. The van der Waals surface area contributed by atoms with Crippen molar-refractivity contribution in [1.29, 1.82) is 5.26 Å². The van der Waals surface area contributed by atoms with Crippen molar-refractivity contribution in [2.24, 2.45) is 0 Å². The van der Waals surface area contributed by atoms with Gasteiger partial charge in [-0.05, 0) is 36.4 Å². The van der Waals surface area contributed by atoms with Crippen LogP contribution in [0.4, 0.5) is 0 Å². The maximum atomic E-state index is 11.6. The van der Waals surface area contributed by atoms with E-state index in [4.69, 9.17) is 10.00 Å². The van der Waals surface area contributed by atoms with Crippen LogP contribution in [0.5, 0.6) is 0 Å². The highest BCUT2D eigenvalue weighted by atomic mass is 16.5. The fourth-order valence-corrected chi connectivity index (χ4v) is 1.53. The fourth-order valence-electron chi connectivity index (χ4n) is 1.53. The molecule has 3 heteroatoms. The van der Waals surface area contributed by atoms with Crippen molar-refractivity contribution in [3.63, 3.8) is 0 Å². The second kappa shape index (κ2) is 6.78. The van der Waals surface area contributed by atoms with Crippen molar-refractivity contribution >= 4 is 5.97 Å². The normalized spacial score (nSPS) is 8.95. The van der Waals surface area contributed by atoms with E-state index in [2.05, 4.69) is 11.8 Å². The Morgan fingerprint density at radius 3 is 2.30 bits per heavy atom. The van der Waals surface area contributed by atoms with Crippen molar-refractivity contribution in [1.82, 2.24) is 0 Å². The number of hydrogen-bond acceptors (Lipinski definition) is 3. The molecule has 0 fully saturated rings. The molecule has 0 atom stereocenters. The first-order chi connectivity index (χ1) is 9.79. The number of rotatable bonds is 2. The first-order valence-electron chi connectivity index (χ1n) is 6.01. The first-order valence-corrected chi connectivity index (χ1v) is 6.01. The van der Waals surface area contributed by atoms with Gasteiger partial charge in [0.05, 0.1) is 17.2 Å². The van der Waals surface area contributed by atoms with Crippen LogP contribution in [-0.4, -0.2) is 12.6 Å². The van der Waals surface area contributed by atoms with E-state index in [0.717, 1.165) is 5.56 Å². The second-order valence-corrected chi connectivity index (χ2v) is 3.93. The number of esters is 1. The van der Waals surface area contributed by atoms with Crippen LogP contribution >= 0.6 is 0 Å². The molecule has 0 radical (unpaired) electrons. The number of hydrogen-bond donors (Lipinski definition) is 0. The van der Waals surface area contributed by atoms with E-state index in [9.17, 15) is 4.79 Å². The van der Waals surface area contributed by atoms with E-state index in [0.29, 0.717) is 11.1 Å². The van der Waals surface area contributed by atoms with Crippen molar-refractivity contribution in [2.45, 2.75) is 0 Å². The summed E-state index contributed by atoms with van der Waals surface area (Å²) < 4.78 is 5.03. The molecule has 0 aliphatic rings. The van der Waals surface area contributed by atoms with Gasteiger partial charge in [-0.2, -0.15) is 5.26 Å². The zero-order chi connectivity index (χ0) is 14.2. The molecule has 0 heterocycles. The summed E-state index contributed by atoms with van der Waals surface area (Å²) in [7, 11) is 0. The van der Waals surface area contributed by atoms with Crippen LogP contribution in [0.25, 0.3) is 0 Å². The Balaban J connectivity index is 1.89. The molecule has 20 heavy (non-hydrogen) atoms. The molecule has 0 spiro atoms. The van der Waals surface area contributed by atoms with Gasteiger partial charge in [0.2, 0.25) is 0 Å². The number of carbonyl (C=O) groups excluding carboxylic acids is 1. The largest absolute Gasteiger partial charge is 0.449 e. The lowest BCUT2D eigenvalue weighted by atomic mass is 10.1. The summed E-state index contributed by atoms with van der Waals surface area (Å²) in [5.74, 6) is 5.24. The number of nitriles is 1. The van der Waals surface area contributed by atoms with Crippen LogP contribution in [0, 0.1) is 23.2 Å². The number of benzene rings is 2. The molecular formula is C17H11NO2. The molecular weight excluding hydrogens is 250 g/mol. The summed E-state index contributed by atoms with van der Waals surface area (Å²) in [6.07, 6.45) is 0. The lowest BCUT2D eigenvalue weighted by molar-refractivity contribution is 0.0556. The zero-order valence-electron chi connectivity index (χ0n) is 10.7. The summed E-state index contributed by atoms with van der Waals surface area (Å²) in [5, 5.41) is 8.67. The Hall–Kier alpha value is -3.04. The highest BCUT2D eigenvalue weighted by Gasteiger charge is 2.03. The average molecular weight is 261 g/mol. The zero-order valence-corrected chi connectivity index (χ0v) is 10.7. The SMILES string of the molecule is N#Cc1ccc(C#CCOC(=O)c2ccccc2)cc1. The lowest BCUT2D eigenvalue weighted by Gasteiger charge is -1.99. The first kappa shape index (κ1) is 13.4. The van der Waals surface area contributed by atoms with E-state index >= 15 is 0 Å². The quantitative estimate of drug-likeness (QED) is 0.617. The summed E-state index contributed by atoms with van der Waals surface area (Å²) >= 11 is 0. The summed E-state index contributed by atoms with van der Waals surface area (Å²) in [6.45, 7) is 0.0354. The van der Waals surface area contributed by atoms with E-state index in [1.807, 2.05) is 12.1 Å². The lowest BCUT2D eigenvalue weighted by Crippen LogP contribution is -2.04. The highest BCUT2D eigenvalue weighted by Crippen LogP contribution is 2.02. The minimum absolute atomic E-state index is 0.0354. The molecule has 3 nitrogen and oxygen atoms in total. The van der Waals surface area contributed by atoms with Gasteiger partial charge >= 0.3 is 5.97 Å². The molecule has 0 aliphatic heterocycles. The summed E-state index contributed by atoms with van der Waals surface area (Å²) in [6, 6.07) is 17.7. The summed E-state index contributed by atoms with van der Waals surface area (Å²) in [4.78, 5) is 11.6. The topological polar surface area (TPSA) is 50.1 Å². The molecule has 96 valence electrons. The highest BCUT2D eigenvalue weighted by molar-refractivity contribution is 5.89. The molecule has 0 aliphatic carbocycles.